The van der Waals surface area contributed by atoms with Gasteiger partial charge < -0.3 is 4.74 Å². The molecule has 2 rings (SSSR count). The highest BCUT2D eigenvalue weighted by Crippen LogP contribution is 2.22. The zero-order chi connectivity index (χ0) is 11.5. The van der Waals surface area contributed by atoms with Crippen LogP contribution in [-0.4, -0.2) is 41.0 Å². The molecule has 0 atom stereocenters. The second-order valence-corrected chi connectivity index (χ2v) is 4.84. The first-order valence-corrected chi connectivity index (χ1v) is 6.53. The molecule has 16 heavy (non-hydrogen) atoms. The lowest BCUT2D eigenvalue weighted by Crippen LogP contribution is -2.36. The van der Waals surface area contributed by atoms with E-state index in [0.717, 1.165) is 49.6 Å². The molecule has 1 aliphatic heterocycles. The largest absolute Gasteiger partial charge is 0.379 e. The van der Waals surface area contributed by atoms with E-state index in [4.69, 9.17) is 4.74 Å². The maximum Gasteiger partial charge on any atom is 0.0739 e. The summed E-state index contributed by atoms with van der Waals surface area (Å²) >= 11 is 3.63. The van der Waals surface area contributed by atoms with E-state index in [2.05, 4.69) is 37.5 Å². The van der Waals surface area contributed by atoms with Gasteiger partial charge in [0, 0.05) is 26.2 Å². The third-order valence-electron chi connectivity index (χ3n) is 2.93. The van der Waals surface area contributed by atoms with Gasteiger partial charge in [-0.25, -0.2) is 0 Å². The van der Waals surface area contributed by atoms with E-state index in [1.165, 1.54) is 5.69 Å². The molecular weight excluding hydrogens is 270 g/mol. The molecule has 0 aromatic carbocycles. The number of rotatable bonds is 3. The van der Waals surface area contributed by atoms with Crippen LogP contribution in [0.15, 0.2) is 4.47 Å². The first-order chi connectivity index (χ1) is 7.72. The molecule has 1 aromatic rings. The Morgan fingerprint density at radius 3 is 2.69 bits per heavy atom. The number of halogens is 1. The van der Waals surface area contributed by atoms with Gasteiger partial charge in [0.15, 0.2) is 0 Å². The number of aryl methyl sites for hydroxylation is 2. The van der Waals surface area contributed by atoms with Gasteiger partial charge in [-0.05, 0) is 29.8 Å². The van der Waals surface area contributed by atoms with E-state index in [-0.39, 0.29) is 0 Å². The number of aromatic nitrogens is 2. The van der Waals surface area contributed by atoms with Crippen molar-refractivity contribution in [1.29, 1.82) is 0 Å². The lowest BCUT2D eigenvalue weighted by Gasteiger charge is -2.26. The number of nitrogens with zero attached hydrogens (tertiary/aromatic N) is 3. The molecule has 0 bridgehead atoms. The Morgan fingerprint density at radius 1 is 1.38 bits per heavy atom. The van der Waals surface area contributed by atoms with Crippen LogP contribution in [0.2, 0.25) is 0 Å². The average molecular weight is 288 g/mol. The summed E-state index contributed by atoms with van der Waals surface area (Å²) in [4.78, 5) is 2.41. The smallest absolute Gasteiger partial charge is 0.0739 e. The molecule has 2 heterocycles. The Balaban J connectivity index is 2.12. The third kappa shape index (κ3) is 2.47. The van der Waals surface area contributed by atoms with Crippen LogP contribution in [0.3, 0.4) is 0 Å². The maximum absolute atomic E-state index is 5.35. The molecule has 0 aliphatic carbocycles. The summed E-state index contributed by atoms with van der Waals surface area (Å²) < 4.78 is 8.59. The summed E-state index contributed by atoms with van der Waals surface area (Å²) in [7, 11) is 0. The predicted octanol–water partition coefficient (Wildman–Crippen LogP) is 1.81. The van der Waals surface area contributed by atoms with Gasteiger partial charge in [0.05, 0.1) is 29.1 Å². The van der Waals surface area contributed by atoms with Crippen molar-refractivity contribution < 1.29 is 4.74 Å². The van der Waals surface area contributed by atoms with Crippen LogP contribution >= 0.6 is 15.9 Å². The standard InChI is InChI=1S/C11H18BrN3O/c1-3-15-10(11(12)9(2)13-15)8-14-4-6-16-7-5-14/h3-8H2,1-2H3. The van der Waals surface area contributed by atoms with Gasteiger partial charge in [-0.2, -0.15) is 5.10 Å². The molecular formula is C11H18BrN3O. The van der Waals surface area contributed by atoms with Gasteiger partial charge in [0.1, 0.15) is 0 Å². The average Bonchev–Trinajstić information content (AvgIpc) is 2.58. The monoisotopic (exact) mass is 287 g/mol. The molecule has 1 aliphatic rings. The van der Waals surface area contributed by atoms with Crippen LogP contribution in [0, 0.1) is 6.92 Å². The van der Waals surface area contributed by atoms with Gasteiger partial charge in [-0.3, -0.25) is 9.58 Å². The highest BCUT2D eigenvalue weighted by Gasteiger charge is 2.17. The van der Waals surface area contributed by atoms with Crippen LogP contribution in [0.4, 0.5) is 0 Å². The van der Waals surface area contributed by atoms with Crippen LogP contribution in [0.1, 0.15) is 18.3 Å². The quantitative estimate of drug-likeness (QED) is 0.849. The summed E-state index contributed by atoms with van der Waals surface area (Å²) in [6.07, 6.45) is 0. The molecule has 4 nitrogen and oxygen atoms in total. The highest BCUT2D eigenvalue weighted by molar-refractivity contribution is 9.10. The SMILES string of the molecule is CCn1nc(C)c(Br)c1CN1CCOCC1. The van der Waals surface area contributed by atoms with Crippen molar-refractivity contribution in [3.8, 4) is 0 Å². The fraction of sp³-hybridized carbons (Fsp3) is 0.727. The van der Waals surface area contributed by atoms with Crippen molar-refractivity contribution in [3.05, 3.63) is 15.9 Å². The van der Waals surface area contributed by atoms with Gasteiger partial charge in [0.2, 0.25) is 0 Å². The minimum atomic E-state index is 0.844. The second kappa shape index (κ2) is 5.29. The molecule has 0 spiro atoms. The van der Waals surface area contributed by atoms with E-state index >= 15 is 0 Å². The summed E-state index contributed by atoms with van der Waals surface area (Å²) in [5, 5.41) is 4.51. The molecule has 0 unspecified atom stereocenters. The van der Waals surface area contributed by atoms with Crippen LogP contribution < -0.4 is 0 Å². The fourth-order valence-corrected chi connectivity index (χ4v) is 2.40. The van der Waals surface area contributed by atoms with Gasteiger partial charge in [-0.15, -0.1) is 0 Å². The lowest BCUT2D eigenvalue weighted by atomic mass is 10.3. The molecule has 0 saturated carbocycles. The zero-order valence-electron chi connectivity index (χ0n) is 9.87. The maximum atomic E-state index is 5.35. The van der Waals surface area contributed by atoms with Gasteiger partial charge >= 0.3 is 0 Å². The lowest BCUT2D eigenvalue weighted by molar-refractivity contribution is 0.0329. The second-order valence-electron chi connectivity index (χ2n) is 4.05. The van der Waals surface area contributed by atoms with Gasteiger partial charge in [0.25, 0.3) is 0 Å². The summed E-state index contributed by atoms with van der Waals surface area (Å²) in [5.74, 6) is 0. The van der Waals surface area contributed by atoms with E-state index in [1.54, 1.807) is 0 Å². The Hall–Kier alpha value is -0.390. The van der Waals surface area contributed by atoms with E-state index < -0.39 is 0 Å². The van der Waals surface area contributed by atoms with Crippen molar-refractivity contribution >= 4 is 15.9 Å². The Kier molecular flexibility index (Phi) is 4.00. The van der Waals surface area contributed by atoms with Crippen LogP contribution in [0.25, 0.3) is 0 Å². The number of hydrogen-bond acceptors (Lipinski definition) is 3. The topological polar surface area (TPSA) is 30.3 Å². The molecule has 1 aromatic heterocycles. The van der Waals surface area contributed by atoms with Crippen molar-refractivity contribution in [3.63, 3.8) is 0 Å². The molecule has 0 N–H and O–H groups in total. The van der Waals surface area contributed by atoms with E-state index in [0.29, 0.717) is 0 Å². The van der Waals surface area contributed by atoms with Crippen LogP contribution in [-0.2, 0) is 17.8 Å². The molecule has 1 saturated heterocycles. The Bertz CT molecular complexity index is 358. The normalized spacial score (nSPS) is 17.9. The summed E-state index contributed by atoms with van der Waals surface area (Å²) in [6.45, 7) is 9.76. The van der Waals surface area contributed by atoms with Crippen molar-refractivity contribution in [2.75, 3.05) is 26.3 Å². The van der Waals surface area contributed by atoms with Gasteiger partial charge in [-0.1, -0.05) is 0 Å². The Labute approximate surface area is 105 Å². The van der Waals surface area contributed by atoms with E-state index in [1.807, 2.05) is 6.92 Å². The summed E-state index contributed by atoms with van der Waals surface area (Å²) in [5.41, 5.74) is 2.35. The van der Waals surface area contributed by atoms with Crippen LogP contribution in [0.5, 0.6) is 0 Å². The van der Waals surface area contributed by atoms with E-state index in [9.17, 15) is 0 Å². The van der Waals surface area contributed by atoms with Crippen molar-refractivity contribution in [2.24, 2.45) is 0 Å². The molecule has 1 fully saturated rings. The first kappa shape index (κ1) is 12.1. The highest BCUT2D eigenvalue weighted by atomic mass is 79.9. The predicted molar refractivity (Wildman–Crippen MR) is 66.4 cm³/mol. The molecule has 90 valence electrons. The zero-order valence-corrected chi connectivity index (χ0v) is 11.5. The van der Waals surface area contributed by atoms with Crippen molar-refractivity contribution in [2.45, 2.75) is 26.9 Å². The Morgan fingerprint density at radius 2 is 2.06 bits per heavy atom. The number of hydrogen-bond donors (Lipinski definition) is 0. The van der Waals surface area contributed by atoms with Crippen molar-refractivity contribution in [1.82, 2.24) is 14.7 Å². The minimum absolute atomic E-state index is 0.844. The molecule has 5 heteroatoms. The number of ether oxygens (including phenoxy) is 1. The molecule has 0 radical (unpaired) electrons. The summed E-state index contributed by atoms with van der Waals surface area (Å²) in [6, 6.07) is 0. The third-order valence-corrected chi connectivity index (χ3v) is 3.96. The molecule has 0 amide bonds. The first-order valence-electron chi connectivity index (χ1n) is 5.74. The minimum Gasteiger partial charge on any atom is -0.379 e. The number of morpholine rings is 1. The fourth-order valence-electron chi connectivity index (χ4n) is 1.99.